The first kappa shape index (κ1) is 34.4. The van der Waals surface area contributed by atoms with Crippen molar-refractivity contribution in [2.45, 2.75) is 73.3 Å². The standard InChI is InChI=1S/C28H34N6O2S.C5H12/c1-6-8-9-15-28(3,4)34-16-14-23(33-34)26(36)30-18-25(35)32-27-31-24(19-37-27)21-13-10-12-20(17-21)22(29-5)11-7-2;1-4-5(2)3/h7,9-17,19H,6,8,18H2,1-5H3,(H,30,36)(H,31,32,35);5H,4H2,1-3H3/b11-7-,15-9?,29-22?;. The number of rotatable bonds is 12. The van der Waals surface area contributed by atoms with E-state index >= 15 is 0 Å². The predicted molar refractivity (Wildman–Crippen MR) is 177 cm³/mol. The highest BCUT2D eigenvalue weighted by Gasteiger charge is 2.20. The number of unbranched alkanes of at least 4 members (excludes halogenated alkanes) is 1. The Bertz CT molecular complexity index is 1380. The van der Waals surface area contributed by atoms with E-state index in [2.05, 4.69) is 65.6 Å². The lowest BCUT2D eigenvalue weighted by Crippen LogP contribution is -2.33. The molecule has 226 valence electrons. The fraction of sp³-hybridized carbons (Fsp3) is 0.424. The van der Waals surface area contributed by atoms with E-state index in [1.165, 1.54) is 17.8 Å². The number of hydrogen-bond donors (Lipinski definition) is 2. The van der Waals surface area contributed by atoms with Crippen LogP contribution in [0, 0.1) is 5.92 Å². The Kier molecular flexibility index (Phi) is 14.1. The van der Waals surface area contributed by atoms with Gasteiger partial charge in [0.05, 0.1) is 23.5 Å². The van der Waals surface area contributed by atoms with Crippen molar-refractivity contribution in [1.29, 1.82) is 0 Å². The van der Waals surface area contributed by atoms with Crippen LogP contribution < -0.4 is 10.6 Å². The van der Waals surface area contributed by atoms with Crippen LogP contribution in [0.25, 0.3) is 11.3 Å². The van der Waals surface area contributed by atoms with Crippen molar-refractivity contribution < 1.29 is 9.59 Å². The summed E-state index contributed by atoms with van der Waals surface area (Å²) in [5.74, 6) is 0.113. The molecule has 9 heteroatoms. The van der Waals surface area contributed by atoms with Gasteiger partial charge in [-0.25, -0.2) is 4.98 Å². The Hall–Kier alpha value is -3.85. The van der Waals surface area contributed by atoms with E-state index in [0.29, 0.717) is 5.13 Å². The fourth-order valence-electron chi connectivity index (χ4n) is 3.55. The molecule has 2 amide bonds. The minimum absolute atomic E-state index is 0.185. The molecule has 0 fully saturated rings. The lowest BCUT2D eigenvalue weighted by Gasteiger charge is -2.21. The Balaban J connectivity index is 0.00000113. The van der Waals surface area contributed by atoms with E-state index in [-0.39, 0.29) is 23.7 Å². The van der Waals surface area contributed by atoms with Gasteiger partial charge in [-0.15, -0.1) is 11.3 Å². The molecule has 0 aliphatic heterocycles. The van der Waals surface area contributed by atoms with Crippen LogP contribution in [0.4, 0.5) is 5.13 Å². The smallest absolute Gasteiger partial charge is 0.272 e. The van der Waals surface area contributed by atoms with Gasteiger partial charge >= 0.3 is 0 Å². The van der Waals surface area contributed by atoms with Crippen molar-refractivity contribution in [2.75, 3.05) is 18.9 Å². The maximum atomic E-state index is 12.5. The summed E-state index contributed by atoms with van der Waals surface area (Å²) >= 11 is 1.33. The first-order valence-corrected chi connectivity index (χ1v) is 15.4. The summed E-state index contributed by atoms with van der Waals surface area (Å²) in [6.45, 7) is 14.6. The Morgan fingerprint density at radius 1 is 1.19 bits per heavy atom. The summed E-state index contributed by atoms with van der Waals surface area (Å²) < 4.78 is 1.74. The van der Waals surface area contributed by atoms with Gasteiger partial charge in [-0.3, -0.25) is 19.3 Å². The molecule has 0 atom stereocenters. The van der Waals surface area contributed by atoms with Crippen molar-refractivity contribution >= 4 is 34.0 Å². The summed E-state index contributed by atoms with van der Waals surface area (Å²) in [7, 11) is 1.76. The van der Waals surface area contributed by atoms with Gasteiger partial charge in [0.1, 0.15) is 5.69 Å². The molecule has 1 aromatic carbocycles. The second-order valence-electron chi connectivity index (χ2n) is 10.8. The number of thiazole rings is 1. The molecule has 8 nitrogen and oxygen atoms in total. The molecule has 3 aromatic rings. The third-order valence-electron chi connectivity index (χ3n) is 6.39. The molecule has 0 radical (unpaired) electrons. The van der Waals surface area contributed by atoms with Gasteiger partial charge in [0.2, 0.25) is 5.91 Å². The molecule has 0 aliphatic rings. The number of aliphatic imine (C=N–C) groups is 1. The number of nitrogens with zero attached hydrogens (tertiary/aromatic N) is 4. The van der Waals surface area contributed by atoms with Crippen LogP contribution in [0.1, 0.15) is 83.8 Å². The molecule has 0 aliphatic carbocycles. The molecule has 0 bridgehead atoms. The molecule has 2 aromatic heterocycles. The summed E-state index contributed by atoms with van der Waals surface area (Å²) in [4.78, 5) is 33.8. The monoisotopic (exact) mass is 590 g/mol. The van der Waals surface area contributed by atoms with Crippen LogP contribution >= 0.6 is 11.3 Å². The fourth-order valence-corrected chi connectivity index (χ4v) is 4.29. The topological polar surface area (TPSA) is 101 Å². The van der Waals surface area contributed by atoms with Crippen molar-refractivity contribution in [3.05, 3.63) is 77.5 Å². The van der Waals surface area contributed by atoms with E-state index in [9.17, 15) is 9.59 Å². The second kappa shape index (κ2) is 17.2. The van der Waals surface area contributed by atoms with Crippen LogP contribution in [-0.4, -0.2) is 45.9 Å². The van der Waals surface area contributed by atoms with Crippen LogP contribution in [0.2, 0.25) is 0 Å². The molecule has 2 heterocycles. The highest BCUT2D eigenvalue weighted by atomic mass is 32.1. The van der Waals surface area contributed by atoms with E-state index in [4.69, 9.17) is 0 Å². The third-order valence-corrected chi connectivity index (χ3v) is 7.15. The van der Waals surface area contributed by atoms with E-state index in [1.54, 1.807) is 24.0 Å². The number of carbonyl (C=O) groups is 2. The van der Waals surface area contributed by atoms with Crippen LogP contribution in [0.3, 0.4) is 0 Å². The van der Waals surface area contributed by atoms with Gasteiger partial charge in [0, 0.05) is 29.8 Å². The van der Waals surface area contributed by atoms with Gasteiger partial charge in [-0.05, 0) is 51.3 Å². The van der Waals surface area contributed by atoms with Gasteiger partial charge in [0.25, 0.3) is 5.91 Å². The number of anilines is 1. The molecule has 3 rings (SSSR count). The number of hydrogen-bond acceptors (Lipinski definition) is 6. The van der Waals surface area contributed by atoms with Crippen LogP contribution in [0.15, 0.2) is 71.2 Å². The van der Waals surface area contributed by atoms with Crippen molar-refractivity contribution in [3.63, 3.8) is 0 Å². The molecule has 0 unspecified atom stereocenters. The van der Waals surface area contributed by atoms with Gasteiger partial charge in [-0.2, -0.15) is 5.10 Å². The number of nitrogens with one attached hydrogen (secondary N) is 2. The highest BCUT2D eigenvalue weighted by Crippen LogP contribution is 2.26. The molecule has 2 N–H and O–H groups in total. The Morgan fingerprint density at radius 2 is 1.93 bits per heavy atom. The molecule has 42 heavy (non-hydrogen) atoms. The van der Waals surface area contributed by atoms with Gasteiger partial charge in [-0.1, -0.05) is 77.0 Å². The number of carbonyl (C=O) groups excluding carboxylic acids is 2. The minimum atomic E-state index is -0.409. The SMILES string of the molecule is C/C=C\C(=NC)c1cccc(-c2csc(NC(=O)CNC(=O)c3ccn(C(C)(C)C=CCCC)n3)n2)c1.CCC(C)C. The van der Waals surface area contributed by atoms with E-state index in [1.807, 2.05) is 62.6 Å². The van der Waals surface area contributed by atoms with Gasteiger partial charge < -0.3 is 10.6 Å². The van der Waals surface area contributed by atoms with Crippen molar-refractivity contribution in [2.24, 2.45) is 10.9 Å². The lowest BCUT2D eigenvalue weighted by atomic mass is 10.0. The van der Waals surface area contributed by atoms with Crippen molar-refractivity contribution in [1.82, 2.24) is 20.1 Å². The molecular formula is C33H46N6O2S. The molecule has 0 spiro atoms. The highest BCUT2D eigenvalue weighted by molar-refractivity contribution is 7.14. The zero-order chi connectivity index (χ0) is 31.1. The summed E-state index contributed by atoms with van der Waals surface area (Å²) in [5.41, 5.74) is 3.45. The summed E-state index contributed by atoms with van der Waals surface area (Å²) in [5, 5.41) is 12.1. The first-order valence-electron chi connectivity index (χ1n) is 14.5. The minimum Gasteiger partial charge on any atom is -0.342 e. The lowest BCUT2D eigenvalue weighted by molar-refractivity contribution is -0.115. The number of benzene rings is 1. The summed E-state index contributed by atoms with van der Waals surface area (Å²) in [6.07, 6.45) is 13.2. The zero-order valence-corrected chi connectivity index (χ0v) is 27.1. The molecule has 0 saturated heterocycles. The van der Waals surface area contributed by atoms with Crippen LogP contribution in [-0.2, 0) is 10.3 Å². The molecular weight excluding hydrogens is 544 g/mol. The number of aromatic nitrogens is 3. The third kappa shape index (κ3) is 10.9. The normalized spacial score (nSPS) is 12.1. The number of amides is 2. The predicted octanol–water partition coefficient (Wildman–Crippen LogP) is 7.51. The maximum absolute atomic E-state index is 12.5. The Labute approximate surface area is 255 Å². The Morgan fingerprint density at radius 3 is 2.57 bits per heavy atom. The zero-order valence-electron chi connectivity index (χ0n) is 26.3. The van der Waals surface area contributed by atoms with Crippen molar-refractivity contribution in [3.8, 4) is 11.3 Å². The van der Waals surface area contributed by atoms with E-state index < -0.39 is 5.91 Å². The first-order chi connectivity index (χ1) is 20.0. The quantitative estimate of drug-likeness (QED) is 0.168. The maximum Gasteiger partial charge on any atom is 0.272 e. The largest absolute Gasteiger partial charge is 0.342 e. The molecule has 0 saturated carbocycles. The van der Waals surface area contributed by atoms with Crippen LogP contribution in [0.5, 0.6) is 0 Å². The van der Waals surface area contributed by atoms with E-state index in [0.717, 1.165) is 41.3 Å². The summed E-state index contributed by atoms with van der Waals surface area (Å²) in [6, 6.07) is 9.58. The average Bonchev–Trinajstić information content (AvgIpc) is 3.66. The second-order valence-corrected chi connectivity index (χ2v) is 11.6. The average molecular weight is 591 g/mol. The number of allylic oxidation sites excluding steroid dienone is 4. The van der Waals surface area contributed by atoms with Gasteiger partial charge in [0.15, 0.2) is 5.13 Å².